The van der Waals surface area contributed by atoms with Crippen LogP contribution in [0.2, 0.25) is 0 Å². The maximum atomic E-state index is 14.0. The van der Waals surface area contributed by atoms with E-state index in [2.05, 4.69) is 0 Å². The number of unbranched alkanes of at least 4 members (excludes halogenated alkanes) is 1. The number of nitrogens with zero attached hydrogens (tertiary/aromatic N) is 2. The number of carbonyl (C=O) groups excluding carboxylic acids is 4. The number of Topliss-reactive ketones (excluding diaryl/α,β-unsaturated/α-hetero) is 2. The number of aryl methyl sites for hydroxylation is 1. The van der Waals surface area contributed by atoms with Gasteiger partial charge in [-0.15, -0.1) is 0 Å². The van der Waals surface area contributed by atoms with E-state index in [1.165, 1.54) is 4.90 Å². The summed E-state index contributed by atoms with van der Waals surface area (Å²) in [6.07, 6.45) is 1.88. The SMILES string of the molecule is CCCCOC(=O)CCc1cc(N(C)C)c2c(c1O)C(O)=C1C(=O)[C@]3(O)C(O)=C(C(N)=O)C(=O)[C@H](N(C)C)[C@@H]3C[C@@H]1C2. The summed E-state index contributed by atoms with van der Waals surface area (Å²) >= 11 is 0. The number of fused-ring (bicyclic) bond motifs is 3. The lowest BCUT2D eigenvalue weighted by Crippen LogP contribution is -2.65. The molecule has 3 aliphatic rings. The Kier molecular flexibility index (Phi) is 8.43. The fourth-order valence-electron chi connectivity index (χ4n) is 6.57. The van der Waals surface area contributed by atoms with Gasteiger partial charge in [-0.3, -0.25) is 24.1 Å². The smallest absolute Gasteiger partial charge is 0.306 e. The summed E-state index contributed by atoms with van der Waals surface area (Å²) in [5.74, 6) is -7.43. The van der Waals surface area contributed by atoms with Gasteiger partial charge < -0.3 is 35.8 Å². The van der Waals surface area contributed by atoms with E-state index in [1.54, 1.807) is 39.2 Å². The zero-order valence-corrected chi connectivity index (χ0v) is 24.6. The van der Waals surface area contributed by atoms with Crippen LogP contribution in [0.3, 0.4) is 0 Å². The van der Waals surface area contributed by atoms with Crippen LogP contribution in [0, 0.1) is 11.8 Å². The number of amides is 1. The normalized spacial score (nSPS) is 25.3. The van der Waals surface area contributed by atoms with Crippen molar-refractivity contribution in [1.29, 1.82) is 0 Å². The number of esters is 1. The first kappa shape index (κ1) is 31.0. The number of hydrogen-bond acceptors (Lipinski definition) is 11. The molecule has 1 saturated carbocycles. The number of nitrogens with two attached hydrogens (primary N) is 1. The van der Waals surface area contributed by atoms with Crippen molar-refractivity contribution in [2.75, 3.05) is 39.7 Å². The molecule has 42 heavy (non-hydrogen) atoms. The average molecular weight is 586 g/mol. The minimum atomic E-state index is -2.70. The van der Waals surface area contributed by atoms with Crippen LogP contribution in [-0.4, -0.2) is 95.2 Å². The maximum Gasteiger partial charge on any atom is 0.306 e. The number of hydrogen-bond donors (Lipinski definition) is 5. The number of carbonyl (C=O) groups is 4. The highest BCUT2D eigenvalue weighted by molar-refractivity contribution is 6.24. The number of primary amides is 1. The molecule has 228 valence electrons. The van der Waals surface area contributed by atoms with Gasteiger partial charge in [0.15, 0.2) is 11.4 Å². The molecule has 0 radical (unpaired) electrons. The van der Waals surface area contributed by atoms with Gasteiger partial charge in [-0.25, -0.2) is 0 Å². The second-order valence-corrected chi connectivity index (χ2v) is 11.7. The topological polar surface area (TPSA) is 191 Å². The Morgan fingerprint density at radius 3 is 2.38 bits per heavy atom. The van der Waals surface area contributed by atoms with Crippen LogP contribution in [0.1, 0.15) is 49.3 Å². The Morgan fingerprint density at radius 1 is 1.14 bits per heavy atom. The third kappa shape index (κ3) is 4.82. The summed E-state index contributed by atoms with van der Waals surface area (Å²) in [4.78, 5) is 54.9. The van der Waals surface area contributed by atoms with Crippen molar-refractivity contribution in [2.45, 2.75) is 57.1 Å². The van der Waals surface area contributed by atoms with Crippen LogP contribution in [0.15, 0.2) is 23.0 Å². The monoisotopic (exact) mass is 585 g/mol. The number of aliphatic hydroxyl groups excluding tert-OH is 2. The van der Waals surface area contributed by atoms with Crippen LogP contribution < -0.4 is 10.6 Å². The predicted molar refractivity (Wildman–Crippen MR) is 153 cm³/mol. The number of anilines is 1. The van der Waals surface area contributed by atoms with Crippen LogP contribution in [0.5, 0.6) is 5.75 Å². The van der Waals surface area contributed by atoms with E-state index in [0.717, 1.165) is 12.8 Å². The fourth-order valence-corrected chi connectivity index (χ4v) is 6.57. The molecule has 1 aromatic rings. The van der Waals surface area contributed by atoms with Crippen molar-refractivity contribution in [3.63, 3.8) is 0 Å². The molecular weight excluding hydrogens is 546 g/mol. The Balaban J connectivity index is 1.85. The van der Waals surface area contributed by atoms with Gasteiger partial charge >= 0.3 is 5.97 Å². The highest BCUT2D eigenvalue weighted by Gasteiger charge is 2.64. The maximum absolute atomic E-state index is 14.0. The van der Waals surface area contributed by atoms with E-state index < -0.39 is 64.0 Å². The molecule has 1 amide bonds. The second-order valence-electron chi connectivity index (χ2n) is 11.7. The lowest BCUT2D eigenvalue weighted by atomic mass is 9.57. The van der Waals surface area contributed by atoms with Crippen molar-refractivity contribution in [3.05, 3.63) is 39.7 Å². The highest BCUT2D eigenvalue weighted by Crippen LogP contribution is 2.54. The van der Waals surface area contributed by atoms with Gasteiger partial charge in [-0.2, -0.15) is 0 Å². The quantitative estimate of drug-likeness (QED) is 0.159. The lowest BCUT2D eigenvalue weighted by molar-refractivity contribution is -0.153. The molecule has 12 heteroatoms. The van der Waals surface area contributed by atoms with Gasteiger partial charge in [0.2, 0.25) is 5.78 Å². The van der Waals surface area contributed by atoms with E-state index in [1.807, 2.05) is 6.92 Å². The van der Waals surface area contributed by atoms with E-state index >= 15 is 0 Å². The molecule has 3 aliphatic carbocycles. The van der Waals surface area contributed by atoms with Crippen LogP contribution in [0.4, 0.5) is 5.69 Å². The summed E-state index contributed by atoms with van der Waals surface area (Å²) in [6.45, 7) is 2.28. The molecule has 1 fully saturated rings. The molecule has 4 atom stereocenters. The average Bonchev–Trinajstić information content (AvgIpc) is 2.89. The van der Waals surface area contributed by atoms with Crippen molar-refractivity contribution in [1.82, 2.24) is 4.90 Å². The van der Waals surface area contributed by atoms with Gasteiger partial charge in [0.05, 0.1) is 18.2 Å². The molecule has 12 nitrogen and oxygen atoms in total. The molecule has 6 N–H and O–H groups in total. The number of rotatable bonds is 9. The lowest BCUT2D eigenvalue weighted by Gasteiger charge is -2.50. The number of likely N-dealkylation sites (N-methyl/N-ethyl adjacent to an activating group) is 1. The highest BCUT2D eigenvalue weighted by atomic mass is 16.5. The van der Waals surface area contributed by atoms with E-state index in [-0.39, 0.29) is 42.6 Å². The summed E-state index contributed by atoms with van der Waals surface area (Å²) in [6, 6.07) is 0.580. The number of ketones is 2. The molecule has 4 rings (SSSR count). The van der Waals surface area contributed by atoms with Crippen molar-refractivity contribution >= 4 is 34.9 Å². The predicted octanol–water partition coefficient (Wildman–Crippen LogP) is 1.31. The van der Waals surface area contributed by atoms with Gasteiger partial charge in [-0.1, -0.05) is 13.3 Å². The van der Waals surface area contributed by atoms with Crippen LogP contribution in [0.25, 0.3) is 5.76 Å². The number of aromatic hydroxyl groups is 1. The summed E-state index contributed by atoms with van der Waals surface area (Å²) in [5, 5.41) is 45.6. The molecule has 0 aromatic heterocycles. The zero-order valence-electron chi connectivity index (χ0n) is 24.6. The Bertz CT molecular complexity index is 1410. The third-order valence-corrected chi connectivity index (χ3v) is 8.62. The van der Waals surface area contributed by atoms with Crippen LogP contribution >= 0.6 is 0 Å². The standard InChI is InChI=1S/C30H39N3O9/c1-6-7-10-42-19(34)9-8-14-13-18(32(2)3)16-11-15-12-17-23(33(4)5)26(37)22(29(31)40)28(39)30(17,41)27(38)20(15)25(36)21(16)24(14)35/h13,15,17,23,35-36,39,41H,6-12H2,1-5H3,(H2,31,40)/t15-,17-,23+,30-/m0/s1. The number of ether oxygens (including phenoxy) is 1. The minimum absolute atomic E-state index is 0.00471. The Hall–Kier alpha value is -3.90. The third-order valence-electron chi connectivity index (χ3n) is 8.62. The van der Waals surface area contributed by atoms with E-state index in [9.17, 15) is 39.6 Å². The van der Waals surface area contributed by atoms with Gasteiger partial charge in [0.1, 0.15) is 22.8 Å². The van der Waals surface area contributed by atoms with Crippen molar-refractivity contribution in [3.8, 4) is 5.75 Å². The molecular formula is C30H39N3O9. The van der Waals surface area contributed by atoms with Crippen LogP contribution in [-0.2, 0) is 36.8 Å². The second kappa shape index (κ2) is 11.4. The number of aliphatic hydroxyl groups is 3. The minimum Gasteiger partial charge on any atom is -0.508 e. The summed E-state index contributed by atoms with van der Waals surface area (Å²) in [5.41, 5.74) is 3.14. The molecule has 0 saturated heterocycles. The van der Waals surface area contributed by atoms with Gasteiger partial charge in [0, 0.05) is 37.7 Å². The first-order valence-electron chi connectivity index (χ1n) is 14.0. The van der Waals surface area contributed by atoms with Gasteiger partial charge in [0.25, 0.3) is 5.91 Å². The zero-order chi connectivity index (χ0) is 31.3. The number of phenols is 1. The molecule has 0 aliphatic heterocycles. The van der Waals surface area contributed by atoms with E-state index in [0.29, 0.717) is 23.4 Å². The molecule has 0 heterocycles. The molecule has 0 unspecified atom stereocenters. The molecule has 1 aromatic carbocycles. The van der Waals surface area contributed by atoms with E-state index in [4.69, 9.17) is 10.5 Å². The number of benzene rings is 1. The van der Waals surface area contributed by atoms with Crippen molar-refractivity contribution < 1.29 is 44.3 Å². The largest absolute Gasteiger partial charge is 0.508 e. The summed E-state index contributed by atoms with van der Waals surface area (Å²) < 4.78 is 5.22. The summed E-state index contributed by atoms with van der Waals surface area (Å²) in [7, 11) is 6.67. The first-order chi connectivity index (χ1) is 19.7. The fraction of sp³-hybridized carbons (Fsp3) is 0.533. The molecule has 0 bridgehead atoms. The Labute approximate surface area is 244 Å². The van der Waals surface area contributed by atoms with Crippen molar-refractivity contribution in [2.24, 2.45) is 17.6 Å². The number of phenolic OH excluding ortho intramolecular Hbond substituents is 1. The Morgan fingerprint density at radius 2 is 1.81 bits per heavy atom. The first-order valence-corrected chi connectivity index (χ1v) is 14.0. The molecule has 0 spiro atoms. The van der Waals surface area contributed by atoms with Gasteiger partial charge in [-0.05, 0) is 62.9 Å².